The highest BCUT2D eigenvalue weighted by atomic mass is 32.2. The van der Waals surface area contributed by atoms with Gasteiger partial charge in [0.15, 0.2) is 0 Å². The van der Waals surface area contributed by atoms with Crippen LogP contribution in [0.4, 0.5) is 4.79 Å². The minimum absolute atomic E-state index is 0.285. The maximum absolute atomic E-state index is 12.0. The van der Waals surface area contributed by atoms with Crippen molar-refractivity contribution in [3.63, 3.8) is 0 Å². The highest BCUT2D eigenvalue weighted by Crippen LogP contribution is 2.28. The first kappa shape index (κ1) is 17.5. The van der Waals surface area contributed by atoms with Crippen molar-refractivity contribution in [2.24, 2.45) is 0 Å². The van der Waals surface area contributed by atoms with Crippen molar-refractivity contribution in [3.8, 4) is 10.8 Å². The van der Waals surface area contributed by atoms with E-state index in [9.17, 15) is 9.59 Å². The number of hydrogen-bond donors (Lipinski definition) is 2. The molecule has 1 atom stereocenters. The van der Waals surface area contributed by atoms with Crippen LogP contribution in [0.2, 0.25) is 0 Å². The average Bonchev–Trinajstić information content (AvgIpc) is 3.05. The van der Waals surface area contributed by atoms with Gasteiger partial charge in [-0.1, -0.05) is 17.8 Å². The van der Waals surface area contributed by atoms with Crippen LogP contribution in [-0.2, 0) is 4.79 Å². The molecule has 0 aliphatic carbocycles. The topological polar surface area (TPSA) is 97.1 Å². The third-order valence-corrected chi connectivity index (χ3v) is 4.30. The lowest BCUT2D eigenvalue weighted by Crippen LogP contribution is -2.49. The molecule has 0 aliphatic rings. The Hall–Kier alpha value is -1.87. The van der Waals surface area contributed by atoms with Crippen molar-refractivity contribution >= 4 is 35.0 Å². The summed E-state index contributed by atoms with van der Waals surface area (Å²) in [5.41, 5.74) is -0.414. The Balaban J connectivity index is 1.90. The maximum Gasteiger partial charge on any atom is 0.321 e. The van der Waals surface area contributed by atoms with Crippen LogP contribution >= 0.6 is 23.1 Å². The zero-order valence-corrected chi connectivity index (χ0v) is 14.9. The van der Waals surface area contributed by atoms with Crippen molar-refractivity contribution in [2.75, 3.05) is 0 Å². The molecule has 9 heteroatoms. The number of aromatic nitrogens is 2. The summed E-state index contributed by atoms with van der Waals surface area (Å²) in [6.07, 6.45) is 0. The van der Waals surface area contributed by atoms with Crippen LogP contribution in [0.5, 0.6) is 0 Å². The second kappa shape index (κ2) is 7.14. The van der Waals surface area contributed by atoms with E-state index in [1.807, 2.05) is 38.3 Å². The highest BCUT2D eigenvalue weighted by Gasteiger charge is 2.22. The number of hydrogen-bond acceptors (Lipinski definition) is 7. The first-order valence-corrected chi connectivity index (χ1v) is 8.67. The van der Waals surface area contributed by atoms with Crippen molar-refractivity contribution in [2.45, 2.75) is 43.7 Å². The molecule has 0 radical (unpaired) electrons. The minimum Gasteiger partial charge on any atom is -0.410 e. The Labute approximate surface area is 142 Å². The van der Waals surface area contributed by atoms with Gasteiger partial charge in [-0.15, -0.1) is 21.5 Å². The van der Waals surface area contributed by atoms with E-state index in [1.165, 1.54) is 11.3 Å². The molecule has 0 aliphatic heterocycles. The van der Waals surface area contributed by atoms with Gasteiger partial charge in [0.2, 0.25) is 5.91 Å². The molecule has 2 aromatic rings. The Bertz CT molecular complexity index is 677. The van der Waals surface area contributed by atoms with Gasteiger partial charge in [0.05, 0.1) is 10.1 Å². The first-order valence-electron chi connectivity index (χ1n) is 6.91. The second-order valence-corrected chi connectivity index (χ2v) is 8.04. The zero-order valence-electron chi connectivity index (χ0n) is 13.2. The Morgan fingerprint density at radius 3 is 2.70 bits per heavy atom. The van der Waals surface area contributed by atoms with Gasteiger partial charge in [-0.3, -0.25) is 10.1 Å². The van der Waals surface area contributed by atoms with Crippen molar-refractivity contribution in [1.82, 2.24) is 20.8 Å². The molecule has 2 aromatic heterocycles. The van der Waals surface area contributed by atoms with E-state index in [0.29, 0.717) is 5.89 Å². The van der Waals surface area contributed by atoms with Crippen LogP contribution in [0, 0.1) is 0 Å². The van der Waals surface area contributed by atoms with Gasteiger partial charge in [0, 0.05) is 5.54 Å². The van der Waals surface area contributed by atoms with Crippen LogP contribution in [-0.4, -0.2) is 32.9 Å². The number of carbonyl (C=O) groups excluding carboxylic acids is 2. The van der Waals surface area contributed by atoms with E-state index in [1.54, 1.807) is 6.92 Å². The van der Waals surface area contributed by atoms with Crippen molar-refractivity contribution < 1.29 is 14.0 Å². The smallest absolute Gasteiger partial charge is 0.321 e. The highest BCUT2D eigenvalue weighted by molar-refractivity contribution is 8.00. The molecular formula is C14H18N4O3S2. The van der Waals surface area contributed by atoms with Crippen LogP contribution in [0.15, 0.2) is 27.2 Å². The molecule has 2 rings (SSSR count). The molecule has 0 bridgehead atoms. The number of urea groups is 1. The molecular weight excluding hydrogens is 336 g/mol. The number of carbonyl (C=O) groups is 2. The Morgan fingerprint density at radius 2 is 2.09 bits per heavy atom. The predicted molar refractivity (Wildman–Crippen MR) is 89.4 cm³/mol. The second-order valence-electron chi connectivity index (χ2n) is 5.80. The van der Waals surface area contributed by atoms with Gasteiger partial charge in [-0.2, -0.15) is 0 Å². The number of thiophene rings is 1. The molecule has 3 amide bonds. The average molecular weight is 354 g/mol. The van der Waals surface area contributed by atoms with E-state index in [0.717, 1.165) is 16.6 Å². The SMILES string of the molecule is CC(Sc1nnc(-c2cccs2)o1)C(=O)NC(=O)NC(C)(C)C. The fourth-order valence-electron chi connectivity index (χ4n) is 1.55. The maximum atomic E-state index is 12.0. The Morgan fingerprint density at radius 1 is 1.35 bits per heavy atom. The lowest BCUT2D eigenvalue weighted by atomic mass is 10.1. The molecule has 7 nitrogen and oxygen atoms in total. The van der Waals surface area contributed by atoms with E-state index in [4.69, 9.17) is 4.42 Å². The molecule has 23 heavy (non-hydrogen) atoms. The monoisotopic (exact) mass is 354 g/mol. The number of imide groups is 1. The molecule has 0 spiro atoms. The number of nitrogens with one attached hydrogen (secondary N) is 2. The van der Waals surface area contributed by atoms with Crippen molar-refractivity contribution in [1.29, 1.82) is 0 Å². The quantitative estimate of drug-likeness (QED) is 0.820. The fourth-order valence-corrected chi connectivity index (χ4v) is 2.87. The number of thioether (sulfide) groups is 1. The van der Waals surface area contributed by atoms with Crippen LogP contribution < -0.4 is 10.6 Å². The van der Waals surface area contributed by atoms with Crippen molar-refractivity contribution in [3.05, 3.63) is 17.5 Å². The molecule has 0 aromatic carbocycles. The molecule has 0 fully saturated rings. The summed E-state index contributed by atoms with van der Waals surface area (Å²) in [6, 6.07) is 3.24. The van der Waals surface area contributed by atoms with Gasteiger partial charge in [0.25, 0.3) is 11.1 Å². The third-order valence-electron chi connectivity index (χ3n) is 2.51. The molecule has 1 unspecified atom stereocenters. The van der Waals surface area contributed by atoms with Gasteiger partial charge >= 0.3 is 6.03 Å². The van der Waals surface area contributed by atoms with Crippen LogP contribution in [0.25, 0.3) is 10.8 Å². The summed E-state index contributed by atoms with van der Waals surface area (Å²) in [7, 11) is 0. The molecule has 0 saturated heterocycles. The minimum atomic E-state index is -0.544. The fraction of sp³-hybridized carbons (Fsp3) is 0.429. The van der Waals surface area contributed by atoms with E-state index >= 15 is 0 Å². The first-order chi connectivity index (χ1) is 10.7. The van der Waals surface area contributed by atoms with Gasteiger partial charge < -0.3 is 9.73 Å². The van der Waals surface area contributed by atoms with Gasteiger partial charge in [-0.25, -0.2) is 4.79 Å². The number of amides is 3. The summed E-state index contributed by atoms with van der Waals surface area (Å²) in [4.78, 5) is 24.5. The summed E-state index contributed by atoms with van der Waals surface area (Å²) in [5.74, 6) is -0.00629. The lowest BCUT2D eigenvalue weighted by Gasteiger charge is -2.20. The summed E-state index contributed by atoms with van der Waals surface area (Å²) in [5, 5.41) is 14.5. The molecule has 124 valence electrons. The van der Waals surface area contributed by atoms with E-state index in [-0.39, 0.29) is 5.22 Å². The summed E-state index contributed by atoms with van der Waals surface area (Å²) < 4.78 is 5.51. The van der Waals surface area contributed by atoms with Gasteiger partial charge in [0.1, 0.15) is 0 Å². The van der Waals surface area contributed by atoms with E-state index in [2.05, 4.69) is 20.8 Å². The largest absolute Gasteiger partial charge is 0.410 e. The normalized spacial score (nSPS) is 12.7. The van der Waals surface area contributed by atoms with Crippen LogP contribution in [0.1, 0.15) is 27.7 Å². The number of rotatable bonds is 4. The van der Waals surface area contributed by atoms with Crippen LogP contribution in [0.3, 0.4) is 0 Å². The predicted octanol–water partition coefficient (Wildman–Crippen LogP) is 2.90. The van der Waals surface area contributed by atoms with Gasteiger partial charge in [-0.05, 0) is 39.1 Å². The molecule has 2 heterocycles. The number of nitrogens with zero attached hydrogens (tertiary/aromatic N) is 2. The summed E-state index contributed by atoms with van der Waals surface area (Å²) in [6.45, 7) is 7.17. The Kier molecular flexibility index (Phi) is 5.42. The molecule has 2 N–H and O–H groups in total. The third kappa shape index (κ3) is 5.36. The lowest BCUT2D eigenvalue weighted by molar-refractivity contribution is -0.119. The molecule has 0 saturated carbocycles. The standard InChI is InChI=1S/C14H18N4O3S2/c1-8(10(19)15-12(20)16-14(2,3)4)23-13-18-17-11(21-13)9-6-5-7-22-9/h5-8H,1-4H3,(H2,15,16,19,20). The van der Waals surface area contributed by atoms with E-state index < -0.39 is 22.7 Å². The summed E-state index contributed by atoms with van der Waals surface area (Å²) >= 11 is 2.59. The zero-order chi connectivity index (χ0) is 17.0.